The third-order valence-corrected chi connectivity index (χ3v) is 12.6. The van der Waals surface area contributed by atoms with E-state index in [1.807, 2.05) is 49.9 Å². The van der Waals surface area contributed by atoms with Gasteiger partial charge in [0, 0.05) is 25.5 Å². The molecule has 0 aliphatic carbocycles. The zero-order valence-corrected chi connectivity index (χ0v) is 34.6. The molecular formula is C42H52N6O6S2. The van der Waals surface area contributed by atoms with Crippen LogP contribution in [0.2, 0.25) is 0 Å². The van der Waals surface area contributed by atoms with Crippen LogP contribution in [0.25, 0.3) is 32.0 Å². The van der Waals surface area contributed by atoms with Crippen molar-refractivity contribution in [3.8, 4) is 32.0 Å². The van der Waals surface area contributed by atoms with Crippen LogP contribution in [0.5, 0.6) is 0 Å². The third kappa shape index (κ3) is 9.24. The van der Waals surface area contributed by atoms with Gasteiger partial charge in [-0.05, 0) is 73.6 Å². The third-order valence-electron chi connectivity index (χ3n) is 10.3. The van der Waals surface area contributed by atoms with Gasteiger partial charge in [0.15, 0.2) is 0 Å². The average molecular weight is 801 g/mol. The summed E-state index contributed by atoms with van der Waals surface area (Å²) in [5, 5.41) is 7.31. The van der Waals surface area contributed by atoms with Gasteiger partial charge in [0.2, 0.25) is 11.8 Å². The first-order valence-electron chi connectivity index (χ1n) is 19.6. The lowest BCUT2D eigenvalue weighted by Crippen LogP contribution is -2.51. The van der Waals surface area contributed by atoms with Crippen molar-refractivity contribution in [1.82, 2.24) is 30.4 Å². The lowest BCUT2D eigenvalue weighted by Gasteiger charge is -2.30. The van der Waals surface area contributed by atoms with Crippen molar-refractivity contribution in [2.45, 2.75) is 91.4 Å². The molecule has 2 N–H and O–H groups in total. The van der Waals surface area contributed by atoms with E-state index >= 15 is 0 Å². The number of hydrogen-bond acceptors (Lipinski definition) is 10. The van der Waals surface area contributed by atoms with E-state index in [4.69, 9.17) is 19.4 Å². The first-order chi connectivity index (χ1) is 27.0. The van der Waals surface area contributed by atoms with Crippen LogP contribution < -0.4 is 10.6 Å². The van der Waals surface area contributed by atoms with Crippen LogP contribution in [0.4, 0.5) is 9.59 Å². The summed E-state index contributed by atoms with van der Waals surface area (Å²) in [6, 6.07) is 15.3. The average Bonchev–Trinajstić information content (AvgIpc) is 4.02. The molecule has 14 heteroatoms. The van der Waals surface area contributed by atoms with Gasteiger partial charge in [0.1, 0.15) is 22.1 Å². The van der Waals surface area contributed by atoms with Crippen molar-refractivity contribution in [1.29, 1.82) is 0 Å². The smallest absolute Gasteiger partial charge is 0.407 e. The first-order valence-corrected chi connectivity index (χ1v) is 21.2. The van der Waals surface area contributed by atoms with Crippen molar-refractivity contribution in [3.05, 3.63) is 70.9 Å². The van der Waals surface area contributed by atoms with Crippen molar-refractivity contribution in [2.24, 2.45) is 11.8 Å². The molecule has 2 fully saturated rings. The van der Waals surface area contributed by atoms with E-state index in [0.29, 0.717) is 13.1 Å². The fourth-order valence-electron chi connectivity index (χ4n) is 7.36. The quantitative estimate of drug-likeness (QED) is 0.137. The van der Waals surface area contributed by atoms with Gasteiger partial charge >= 0.3 is 12.2 Å². The normalized spacial score (nSPS) is 17.9. The molecule has 2 aromatic heterocycles. The summed E-state index contributed by atoms with van der Waals surface area (Å²) < 4.78 is 10.1. The Morgan fingerprint density at radius 2 is 1.00 bits per heavy atom. The van der Waals surface area contributed by atoms with Crippen LogP contribution in [-0.4, -0.2) is 82.2 Å². The predicted octanol–water partition coefficient (Wildman–Crippen LogP) is 8.47. The Kier molecular flexibility index (Phi) is 13.4. The summed E-state index contributed by atoms with van der Waals surface area (Å²) in [5.41, 5.74) is 4.30. The number of aromatic nitrogens is 2. The van der Waals surface area contributed by atoms with Gasteiger partial charge in [-0.15, -0.1) is 22.7 Å². The molecule has 2 aromatic carbocycles. The minimum absolute atomic E-state index is 0.0883. The van der Waals surface area contributed by atoms with E-state index in [2.05, 4.69) is 59.2 Å². The molecule has 2 saturated heterocycles. The van der Waals surface area contributed by atoms with Gasteiger partial charge in [-0.1, -0.05) is 76.2 Å². The van der Waals surface area contributed by atoms with Crippen molar-refractivity contribution in [2.75, 3.05) is 26.3 Å². The molecule has 0 radical (unpaired) electrons. The number of benzene rings is 2. The number of amides is 4. The lowest BCUT2D eigenvalue weighted by atomic mass is 10.0. The summed E-state index contributed by atoms with van der Waals surface area (Å²) in [4.78, 5) is 66.9. The highest BCUT2D eigenvalue weighted by Gasteiger charge is 2.39. The van der Waals surface area contributed by atoms with Gasteiger partial charge in [0.05, 0.1) is 35.1 Å². The standard InChI is InChI=1S/C42H52N6O6S2/c1-7-53-41(51)45-35(25(3)4)39(49)47-21-9-11-31(47)37-43-23-33(55-37)29-17-13-27(14-18-29)28-15-19-30(20-16-28)34-24-44-38(56-34)32-12-10-22-48(32)40(50)36(26(5)6)46-42(52)54-8-2/h13-20,23-26,31-32,35-36H,7-12,21-22H2,1-6H3,(H,45,51)(H,46,52)/t31-,32-,35+,36+/m0/s1. The zero-order chi connectivity index (χ0) is 39.9. The number of nitrogens with zero attached hydrogens (tertiary/aromatic N) is 4. The van der Waals surface area contributed by atoms with E-state index in [1.54, 1.807) is 36.5 Å². The van der Waals surface area contributed by atoms with E-state index < -0.39 is 24.3 Å². The van der Waals surface area contributed by atoms with Gasteiger partial charge in [0.25, 0.3) is 0 Å². The van der Waals surface area contributed by atoms with Gasteiger partial charge < -0.3 is 29.9 Å². The molecule has 0 bridgehead atoms. The number of carbonyl (C=O) groups excluding carboxylic acids is 4. The van der Waals surface area contributed by atoms with Crippen LogP contribution in [0, 0.1) is 11.8 Å². The Hall–Kier alpha value is -4.82. The van der Waals surface area contributed by atoms with Crippen molar-refractivity contribution in [3.63, 3.8) is 0 Å². The lowest BCUT2D eigenvalue weighted by molar-refractivity contribution is -0.136. The predicted molar refractivity (Wildman–Crippen MR) is 219 cm³/mol. The molecule has 0 spiro atoms. The fourth-order valence-corrected chi connectivity index (χ4v) is 9.50. The van der Waals surface area contributed by atoms with Gasteiger partial charge in [-0.25, -0.2) is 19.6 Å². The number of rotatable bonds is 13. The Balaban J connectivity index is 1.10. The minimum Gasteiger partial charge on any atom is -0.450 e. The van der Waals surface area contributed by atoms with Crippen LogP contribution in [0.1, 0.15) is 89.3 Å². The molecule has 4 amide bonds. The zero-order valence-electron chi connectivity index (χ0n) is 32.9. The summed E-state index contributed by atoms with van der Waals surface area (Å²) in [6.45, 7) is 12.9. The van der Waals surface area contributed by atoms with Crippen LogP contribution in [-0.2, 0) is 19.1 Å². The Morgan fingerprint density at radius 3 is 1.34 bits per heavy atom. The van der Waals surface area contributed by atoms with Gasteiger partial charge in [-0.2, -0.15) is 0 Å². The molecule has 6 rings (SSSR count). The maximum atomic E-state index is 13.6. The highest BCUT2D eigenvalue weighted by molar-refractivity contribution is 7.15. The Morgan fingerprint density at radius 1 is 0.643 bits per heavy atom. The fraction of sp³-hybridized carbons (Fsp3) is 0.476. The summed E-state index contributed by atoms with van der Waals surface area (Å²) in [6.07, 6.45) is 6.02. The molecule has 4 heterocycles. The highest BCUT2D eigenvalue weighted by Crippen LogP contribution is 2.40. The van der Waals surface area contributed by atoms with Crippen LogP contribution >= 0.6 is 22.7 Å². The number of carbonyl (C=O) groups is 4. The second kappa shape index (κ2) is 18.4. The van der Waals surface area contributed by atoms with E-state index in [0.717, 1.165) is 67.7 Å². The molecular weight excluding hydrogens is 749 g/mol. The molecule has 298 valence electrons. The number of ether oxygens (including phenoxy) is 2. The van der Waals surface area contributed by atoms with E-state index in [9.17, 15) is 19.2 Å². The van der Waals surface area contributed by atoms with Crippen molar-refractivity contribution < 1.29 is 28.7 Å². The minimum atomic E-state index is -0.665. The maximum Gasteiger partial charge on any atom is 0.407 e. The number of nitrogens with one attached hydrogen (secondary N) is 2. The topological polar surface area (TPSA) is 143 Å². The molecule has 0 saturated carbocycles. The second-order valence-corrected chi connectivity index (χ2v) is 17.0. The molecule has 2 aliphatic rings. The molecule has 56 heavy (non-hydrogen) atoms. The number of likely N-dealkylation sites (tertiary alicyclic amines) is 2. The highest BCUT2D eigenvalue weighted by atomic mass is 32.1. The molecule has 2 aliphatic heterocycles. The van der Waals surface area contributed by atoms with E-state index in [-0.39, 0.29) is 48.9 Å². The second-order valence-electron chi connectivity index (χ2n) is 14.8. The largest absolute Gasteiger partial charge is 0.450 e. The van der Waals surface area contributed by atoms with Crippen molar-refractivity contribution >= 4 is 46.7 Å². The molecule has 4 atom stereocenters. The SMILES string of the molecule is CCOC(=O)N[C@@H](C(=O)N1CCC[C@H]1c1ncc(-c2ccc(-c3ccc(-c4cnc([C@@H]5CCCN5C(=O)[C@H](NC(=O)OCC)C(C)C)s4)cc3)cc2)s1)C(C)C. The number of hydrogen-bond donors (Lipinski definition) is 2. The summed E-state index contributed by atoms with van der Waals surface area (Å²) >= 11 is 3.20. The summed E-state index contributed by atoms with van der Waals surface area (Å²) in [5.74, 6) is -0.385. The van der Waals surface area contributed by atoms with Gasteiger partial charge in [-0.3, -0.25) is 9.59 Å². The first kappa shape index (κ1) is 40.8. The maximum absolute atomic E-state index is 13.6. The Bertz CT molecular complexity index is 1840. The van der Waals surface area contributed by atoms with E-state index in [1.165, 1.54) is 0 Å². The molecule has 4 aromatic rings. The van der Waals surface area contributed by atoms with Crippen LogP contribution in [0.15, 0.2) is 60.9 Å². The number of alkyl carbamates (subject to hydrolysis) is 2. The number of thiazole rings is 2. The summed E-state index contributed by atoms with van der Waals surface area (Å²) in [7, 11) is 0. The molecule has 0 unspecified atom stereocenters. The molecule has 12 nitrogen and oxygen atoms in total. The van der Waals surface area contributed by atoms with Crippen LogP contribution in [0.3, 0.4) is 0 Å². The Labute approximate surface area is 337 Å². The monoisotopic (exact) mass is 800 g/mol.